The third-order valence-corrected chi connectivity index (χ3v) is 3.57. The Bertz CT molecular complexity index is 490. The lowest BCUT2D eigenvalue weighted by Crippen LogP contribution is -1.98. The number of unbranched alkanes of at least 4 members (excludes halogenated alkanes) is 3. The van der Waals surface area contributed by atoms with E-state index in [2.05, 4.69) is 19.1 Å². The van der Waals surface area contributed by atoms with Crippen molar-refractivity contribution in [2.45, 2.75) is 71.1 Å². The van der Waals surface area contributed by atoms with E-state index in [0.717, 1.165) is 38.5 Å². The van der Waals surface area contributed by atoms with E-state index in [0.29, 0.717) is 25.0 Å². The highest BCUT2D eigenvalue weighted by Crippen LogP contribution is 2.10. The van der Waals surface area contributed by atoms with E-state index in [1.54, 1.807) is 6.08 Å². The second-order valence-corrected chi connectivity index (χ2v) is 5.82. The fourth-order valence-corrected chi connectivity index (χ4v) is 2.16. The molecule has 0 rings (SSSR count). The molecule has 0 radical (unpaired) electrons. The molecule has 140 valence electrons. The Labute approximate surface area is 151 Å². The van der Waals surface area contributed by atoms with Gasteiger partial charge in [0.1, 0.15) is 0 Å². The van der Waals surface area contributed by atoms with Gasteiger partial charge in [-0.25, -0.2) is 0 Å². The molecule has 0 amide bonds. The highest BCUT2D eigenvalue weighted by molar-refractivity contribution is 5.66. The molecule has 0 bridgehead atoms. The van der Waals surface area contributed by atoms with Gasteiger partial charge in [-0.2, -0.15) is 0 Å². The minimum Gasteiger partial charge on any atom is -0.481 e. The zero-order valence-corrected chi connectivity index (χ0v) is 15.2. The van der Waals surface area contributed by atoms with Crippen molar-refractivity contribution in [3.05, 3.63) is 58.3 Å². The molecule has 0 aliphatic carbocycles. The van der Waals surface area contributed by atoms with Gasteiger partial charge in [0.05, 0.1) is 4.92 Å². The average Bonchev–Trinajstić information content (AvgIpc) is 2.56. The predicted molar refractivity (Wildman–Crippen MR) is 102 cm³/mol. The molecule has 0 aromatic heterocycles. The Kier molecular flexibility index (Phi) is 15.2. The fraction of sp³-hybridized carbons (Fsp3) is 0.550. The van der Waals surface area contributed by atoms with Gasteiger partial charge >= 0.3 is 5.97 Å². The van der Waals surface area contributed by atoms with Crippen LogP contribution in [0.25, 0.3) is 0 Å². The van der Waals surface area contributed by atoms with Crippen LogP contribution >= 0.6 is 0 Å². The van der Waals surface area contributed by atoms with Crippen LogP contribution in [0.3, 0.4) is 0 Å². The van der Waals surface area contributed by atoms with Crippen LogP contribution in [-0.4, -0.2) is 16.0 Å². The summed E-state index contributed by atoms with van der Waals surface area (Å²) >= 11 is 0. The molecule has 0 aliphatic heterocycles. The van der Waals surface area contributed by atoms with E-state index in [1.807, 2.05) is 24.3 Å². The van der Waals surface area contributed by atoms with Gasteiger partial charge in [-0.05, 0) is 44.6 Å². The summed E-state index contributed by atoms with van der Waals surface area (Å²) < 4.78 is 0. The van der Waals surface area contributed by atoms with Crippen molar-refractivity contribution >= 4 is 5.97 Å². The quantitative estimate of drug-likeness (QED) is 0.175. The number of aliphatic carboxylic acids is 1. The Morgan fingerprint density at radius 3 is 2.08 bits per heavy atom. The monoisotopic (exact) mass is 349 g/mol. The maximum atomic E-state index is 10.9. The van der Waals surface area contributed by atoms with Crippen LogP contribution in [0.15, 0.2) is 48.2 Å². The smallest absolute Gasteiger partial charge is 0.303 e. The number of hydrogen-bond donors (Lipinski definition) is 1. The molecular weight excluding hydrogens is 318 g/mol. The first-order valence-electron chi connectivity index (χ1n) is 9.08. The van der Waals surface area contributed by atoms with Gasteiger partial charge in [-0.1, -0.05) is 56.2 Å². The lowest BCUT2D eigenvalue weighted by Gasteiger charge is -1.97. The largest absolute Gasteiger partial charge is 0.481 e. The minimum absolute atomic E-state index is 0.218. The highest BCUT2D eigenvalue weighted by atomic mass is 16.6. The molecule has 0 unspecified atom stereocenters. The average molecular weight is 349 g/mol. The summed E-state index contributed by atoms with van der Waals surface area (Å²) in [5.74, 6) is -0.749. The molecular formula is C20H31NO4. The molecule has 0 aromatic rings. The van der Waals surface area contributed by atoms with Crippen molar-refractivity contribution in [1.82, 2.24) is 0 Å². The van der Waals surface area contributed by atoms with Gasteiger partial charge in [-0.3, -0.25) is 14.9 Å². The molecule has 0 saturated heterocycles. The first kappa shape index (κ1) is 22.8. The van der Waals surface area contributed by atoms with E-state index >= 15 is 0 Å². The molecule has 0 aliphatic rings. The maximum absolute atomic E-state index is 10.9. The lowest BCUT2D eigenvalue weighted by atomic mass is 10.1. The van der Waals surface area contributed by atoms with Crippen LogP contribution in [0.5, 0.6) is 0 Å². The Balaban J connectivity index is 3.85. The third-order valence-electron chi connectivity index (χ3n) is 3.57. The Morgan fingerprint density at radius 2 is 1.52 bits per heavy atom. The number of carboxylic acid groups (broad SMARTS) is 1. The summed E-state index contributed by atoms with van der Waals surface area (Å²) in [5.41, 5.74) is 0.321. The molecule has 0 aromatic carbocycles. The summed E-state index contributed by atoms with van der Waals surface area (Å²) in [5, 5.41) is 19.4. The first-order valence-corrected chi connectivity index (χ1v) is 9.08. The molecule has 5 heteroatoms. The molecule has 0 fully saturated rings. The van der Waals surface area contributed by atoms with E-state index in [1.165, 1.54) is 0 Å². The number of nitro groups is 1. The summed E-state index contributed by atoms with van der Waals surface area (Å²) in [6.07, 6.45) is 21.3. The zero-order chi connectivity index (χ0) is 18.8. The molecule has 25 heavy (non-hydrogen) atoms. The van der Waals surface area contributed by atoms with Gasteiger partial charge in [0, 0.05) is 12.8 Å². The van der Waals surface area contributed by atoms with E-state index in [4.69, 9.17) is 5.11 Å². The van der Waals surface area contributed by atoms with E-state index in [9.17, 15) is 14.9 Å². The SMILES string of the molecule is CCCCC/C(=C/C/C=C/C/C=C/C/C=C/CCCC(=O)O)[N+](=O)[O-]. The van der Waals surface area contributed by atoms with Crippen molar-refractivity contribution < 1.29 is 14.8 Å². The van der Waals surface area contributed by atoms with Gasteiger partial charge in [0.2, 0.25) is 5.70 Å². The molecule has 1 N–H and O–H groups in total. The topological polar surface area (TPSA) is 80.4 Å². The minimum atomic E-state index is -0.749. The van der Waals surface area contributed by atoms with Crippen molar-refractivity contribution in [3.8, 4) is 0 Å². The van der Waals surface area contributed by atoms with Crippen molar-refractivity contribution in [1.29, 1.82) is 0 Å². The normalized spacial score (nSPS) is 12.6. The highest BCUT2D eigenvalue weighted by Gasteiger charge is 2.08. The number of carbonyl (C=O) groups is 1. The van der Waals surface area contributed by atoms with Gasteiger partial charge in [0.15, 0.2) is 0 Å². The number of carboxylic acids is 1. The van der Waals surface area contributed by atoms with Crippen molar-refractivity contribution in [3.63, 3.8) is 0 Å². The standard InChI is InChI=1S/C20H31NO4/c1-2-3-13-16-19(21(24)25)17-14-11-9-7-5-4-6-8-10-12-15-18-20(22)23/h4-5,8-11,17H,2-3,6-7,12-16,18H2,1H3,(H,22,23)/b5-4+,10-8+,11-9+,19-17-. The van der Waals surface area contributed by atoms with Crippen LogP contribution in [0.1, 0.15) is 71.1 Å². The van der Waals surface area contributed by atoms with Gasteiger partial charge < -0.3 is 5.11 Å². The van der Waals surface area contributed by atoms with Crippen molar-refractivity contribution in [2.75, 3.05) is 0 Å². The fourth-order valence-electron chi connectivity index (χ4n) is 2.16. The molecule has 5 nitrogen and oxygen atoms in total. The summed E-state index contributed by atoms with van der Waals surface area (Å²) in [7, 11) is 0. The predicted octanol–water partition coefficient (Wildman–Crippen LogP) is 5.82. The van der Waals surface area contributed by atoms with E-state index in [-0.39, 0.29) is 11.3 Å². The summed E-state index contributed by atoms with van der Waals surface area (Å²) in [6, 6.07) is 0. The molecule has 0 spiro atoms. The number of hydrogen-bond acceptors (Lipinski definition) is 3. The molecule has 0 saturated carbocycles. The number of nitrogens with zero attached hydrogens (tertiary/aromatic N) is 1. The van der Waals surface area contributed by atoms with Crippen LogP contribution in [0, 0.1) is 10.1 Å². The van der Waals surface area contributed by atoms with Crippen LogP contribution < -0.4 is 0 Å². The summed E-state index contributed by atoms with van der Waals surface area (Å²) in [6.45, 7) is 2.08. The van der Waals surface area contributed by atoms with Crippen LogP contribution in [-0.2, 0) is 4.79 Å². The third kappa shape index (κ3) is 16.5. The zero-order valence-electron chi connectivity index (χ0n) is 15.2. The van der Waals surface area contributed by atoms with Crippen LogP contribution in [0.4, 0.5) is 0 Å². The van der Waals surface area contributed by atoms with Gasteiger partial charge in [0.25, 0.3) is 0 Å². The van der Waals surface area contributed by atoms with E-state index < -0.39 is 5.97 Å². The first-order chi connectivity index (χ1) is 12.1. The van der Waals surface area contributed by atoms with Crippen molar-refractivity contribution in [2.24, 2.45) is 0 Å². The summed E-state index contributed by atoms with van der Waals surface area (Å²) in [4.78, 5) is 21.0. The number of rotatable bonds is 15. The van der Waals surface area contributed by atoms with Gasteiger partial charge in [-0.15, -0.1) is 0 Å². The molecule has 0 heterocycles. The number of allylic oxidation sites excluding steroid dienone is 8. The van der Waals surface area contributed by atoms with Crippen LogP contribution in [0.2, 0.25) is 0 Å². The Hall–Kier alpha value is -2.17. The second-order valence-electron chi connectivity index (χ2n) is 5.82. The Morgan fingerprint density at radius 1 is 0.920 bits per heavy atom. The maximum Gasteiger partial charge on any atom is 0.303 e. The second kappa shape index (κ2) is 16.7. The lowest BCUT2D eigenvalue weighted by molar-refractivity contribution is -0.428. The molecule has 0 atom stereocenters.